The number of hydrogen-bond acceptors (Lipinski definition) is 3. The molecule has 2 aliphatic rings. The van der Waals surface area contributed by atoms with Gasteiger partial charge in [0.25, 0.3) is 0 Å². The van der Waals surface area contributed by atoms with Gasteiger partial charge in [-0.15, -0.1) is 0 Å². The molecule has 3 unspecified atom stereocenters. The van der Waals surface area contributed by atoms with E-state index in [1.165, 1.54) is 25.7 Å². The lowest BCUT2D eigenvalue weighted by Gasteiger charge is -2.50. The Morgan fingerprint density at radius 1 is 1.29 bits per heavy atom. The summed E-state index contributed by atoms with van der Waals surface area (Å²) in [5.41, 5.74) is 0.0680. The van der Waals surface area contributed by atoms with Gasteiger partial charge in [0.1, 0.15) is 0 Å². The first-order valence-electron chi connectivity index (χ1n) is 7.25. The van der Waals surface area contributed by atoms with Crippen molar-refractivity contribution in [3.05, 3.63) is 0 Å². The molecule has 1 saturated heterocycles. The standard InChI is InChI=1S/C14H28N2O/c1-12-4-5-14(11-17,13(2)10-12)16-8-3-6-15-7-9-16/h12-13,15,17H,3-11H2,1-2H3. The molecular formula is C14H28N2O. The fraction of sp³-hybridized carbons (Fsp3) is 1.00. The summed E-state index contributed by atoms with van der Waals surface area (Å²) >= 11 is 0. The highest BCUT2D eigenvalue weighted by Crippen LogP contribution is 2.40. The molecule has 1 heterocycles. The van der Waals surface area contributed by atoms with Gasteiger partial charge in [0.05, 0.1) is 6.61 Å². The number of rotatable bonds is 2. The van der Waals surface area contributed by atoms with Gasteiger partial charge in [-0.25, -0.2) is 0 Å². The monoisotopic (exact) mass is 240 g/mol. The molecule has 0 aromatic carbocycles. The number of aliphatic hydroxyl groups is 1. The van der Waals surface area contributed by atoms with Crippen molar-refractivity contribution in [2.24, 2.45) is 11.8 Å². The Morgan fingerprint density at radius 3 is 2.82 bits per heavy atom. The quantitative estimate of drug-likeness (QED) is 0.767. The minimum Gasteiger partial charge on any atom is -0.394 e. The zero-order valence-electron chi connectivity index (χ0n) is 11.4. The number of hydrogen-bond donors (Lipinski definition) is 2. The van der Waals surface area contributed by atoms with Crippen LogP contribution in [-0.4, -0.2) is 48.3 Å². The fourth-order valence-electron chi connectivity index (χ4n) is 3.78. The highest BCUT2D eigenvalue weighted by molar-refractivity contribution is 4.99. The highest BCUT2D eigenvalue weighted by atomic mass is 16.3. The van der Waals surface area contributed by atoms with Gasteiger partial charge >= 0.3 is 0 Å². The SMILES string of the molecule is CC1CCC(CO)(N2CCCNCC2)C(C)C1. The second-order valence-electron chi connectivity index (χ2n) is 6.13. The molecule has 1 aliphatic heterocycles. The van der Waals surface area contributed by atoms with Crippen LogP contribution in [0, 0.1) is 11.8 Å². The van der Waals surface area contributed by atoms with Crippen LogP contribution in [0.5, 0.6) is 0 Å². The van der Waals surface area contributed by atoms with Crippen molar-refractivity contribution in [3.63, 3.8) is 0 Å². The summed E-state index contributed by atoms with van der Waals surface area (Å²) < 4.78 is 0. The van der Waals surface area contributed by atoms with Crippen LogP contribution in [-0.2, 0) is 0 Å². The number of nitrogens with one attached hydrogen (secondary N) is 1. The molecule has 0 radical (unpaired) electrons. The van der Waals surface area contributed by atoms with Crippen molar-refractivity contribution >= 4 is 0 Å². The van der Waals surface area contributed by atoms with E-state index in [0.29, 0.717) is 12.5 Å². The van der Waals surface area contributed by atoms with Crippen LogP contribution in [0.2, 0.25) is 0 Å². The molecule has 3 heteroatoms. The molecule has 0 spiro atoms. The van der Waals surface area contributed by atoms with Gasteiger partial charge in [0, 0.05) is 25.2 Å². The van der Waals surface area contributed by atoms with Gasteiger partial charge < -0.3 is 10.4 Å². The number of aliphatic hydroxyl groups excluding tert-OH is 1. The Labute approximate surface area is 106 Å². The van der Waals surface area contributed by atoms with Crippen molar-refractivity contribution in [1.29, 1.82) is 0 Å². The molecule has 2 fully saturated rings. The number of nitrogens with zero attached hydrogens (tertiary/aromatic N) is 1. The van der Waals surface area contributed by atoms with Crippen molar-refractivity contribution in [1.82, 2.24) is 10.2 Å². The maximum Gasteiger partial charge on any atom is 0.0618 e. The average Bonchev–Trinajstić information content (AvgIpc) is 2.59. The van der Waals surface area contributed by atoms with E-state index in [9.17, 15) is 5.11 Å². The average molecular weight is 240 g/mol. The molecule has 1 aliphatic carbocycles. The van der Waals surface area contributed by atoms with Crippen molar-refractivity contribution in [2.45, 2.75) is 45.1 Å². The first-order chi connectivity index (χ1) is 8.19. The molecule has 3 nitrogen and oxygen atoms in total. The Morgan fingerprint density at radius 2 is 2.12 bits per heavy atom. The Kier molecular flexibility index (Phi) is 4.45. The molecule has 0 aromatic rings. The minimum absolute atomic E-state index is 0.0680. The van der Waals surface area contributed by atoms with E-state index < -0.39 is 0 Å². The summed E-state index contributed by atoms with van der Waals surface area (Å²) in [5, 5.41) is 13.4. The van der Waals surface area contributed by atoms with Crippen LogP contribution in [0.1, 0.15) is 39.5 Å². The van der Waals surface area contributed by atoms with Gasteiger partial charge in [0.2, 0.25) is 0 Å². The normalized spacial score (nSPS) is 41.1. The summed E-state index contributed by atoms with van der Waals surface area (Å²) in [5.74, 6) is 1.45. The van der Waals surface area contributed by atoms with Crippen LogP contribution in [0.4, 0.5) is 0 Å². The Balaban J connectivity index is 2.11. The fourth-order valence-corrected chi connectivity index (χ4v) is 3.78. The van der Waals surface area contributed by atoms with E-state index in [0.717, 1.165) is 32.1 Å². The molecular weight excluding hydrogens is 212 g/mol. The van der Waals surface area contributed by atoms with Crippen LogP contribution in [0.3, 0.4) is 0 Å². The lowest BCUT2D eigenvalue weighted by molar-refractivity contribution is -0.0426. The van der Waals surface area contributed by atoms with Crippen molar-refractivity contribution in [3.8, 4) is 0 Å². The third kappa shape index (κ3) is 2.67. The van der Waals surface area contributed by atoms with E-state index in [-0.39, 0.29) is 5.54 Å². The second-order valence-corrected chi connectivity index (χ2v) is 6.13. The van der Waals surface area contributed by atoms with Gasteiger partial charge in [-0.3, -0.25) is 4.90 Å². The second kappa shape index (κ2) is 5.68. The van der Waals surface area contributed by atoms with Crippen LogP contribution < -0.4 is 5.32 Å². The molecule has 2 rings (SSSR count). The molecule has 17 heavy (non-hydrogen) atoms. The molecule has 3 atom stereocenters. The zero-order chi connectivity index (χ0) is 12.3. The zero-order valence-corrected chi connectivity index (χ0v) is 11.4. The topological polar surface area (TPSA) is 35.5 Å². The van der Waals surface area contributed by atoms with Crippen LogP contribution >= 0.6 is 0 Å². The van der Waals surface area contributed by atoms with E-state index >= 15 is 0 Å². The van der Waals surface area contributed by atoms with E-state index in [1.807, 2.05) is 0 Å². The van der Waals surface area contributed by atoms with E-state index in [2.05, 4.69) is 24.1 Å². The largest absolute Gasteiger partial charge is 0.394 e. The first-order valence-corrected chi connectivity index (χ1v) is 7.25. The third-order valence-electron chi connectivity index (χ3n) is 4.99. The maximum absolute atomic E-state index is 9.98. The summed E-state index contributed by atoms with van der Waals surface area (Å²) in [4.78, 5) is 2.57. The lowest BCUT2D eigenvalue weighted by Crippen LogP contribution is -2.58. The van der Waals surface area contributed by atoms with Gasteiger partial charge in [-0.05, 0) is 44.1 Å². The van der Waals surface area contributed by atoms with Gasteiger partial charge in [-0.2, -0.15) is 0 Å². The molecule has 0 amide bonds. The third-order valence-corrected chi connectivity index (χ3v) is 4.99. The Hall–Kier alpha value is -0.120. The van der Waals surface area contributed by atoms with Gasteiger partial charge in [-0.1, -0.05) is 13.8 Å². The lowest BCUT2D eigenvalue weighted by atomic mass is 9.69. The molecule has 0 aromatic heterocycles. The summed E-state index contributed by atoms with van der Waals surface area (Å²) in [6.07, 6.45) is 4.93. The maximum atomic E-state index is 9.98. The highest BCUT2D eigenvalue weighted by Gasteiger charge is 2.44. The van der Waals surface area contributed by atoms with Crippen molar-refractivity contribution in [2.75, 3.05) is 32.8 Å². The molecule has 1 saturated carbocycles. The summed E-state index contributed by atoms with van der Waals surface area (Å²) in [6.45, 7) is 9.46. The molecule has 100 valence electrons. The molecule has 0 bridgehead atoms. The van der Waals surface area contributed by atoms with Crippen LogP contribution in [0.25, 0.3) is 0 Å². The smallest absolute Gasteiger partial charge is 0.0618 e. The summed E-state index contributed by atoms with van der Waals surface area (Å²) in [6, 6.07) is 0. The van der Waals surface area contributed by atoms with Crippen LogP contribution in [0.15, 0.2) is 0 Å². The predicted octanol–water partition coefficient (Wildman–Crippen LogP) is 1.47. The van der Waals surface area contributed by atoms with Gasteiger partial charge in [0.15, 0.2) is 0 Å². The first kappa shape index (κ1) is 13.3. The van der Waals surface area contributed by atoms with Crippen molar-refractivity contribution < 1.29 is 5.11 Å². The Bertz CT molecular complexity index is 238. The van der Waals surface area contributed by atoms with E-state index in [4.69, 9.17) is 0 Å². The molecule has 2 N–H and O–H groups in total. The predicted molar refractivity (Wildman–Crippen MR) is 71.1 cm³/mol. The minimum atomic E-state index is 0.0680. The van der Waals surface area contributed by atoms with E-state index in [1.54, 1.807) is 0 Å². The summed E-state index contributed by atoms with van der Waals surface area (Å²) in [7, 11) is 0.